The van der Waals surface area contributed by atoms with Crippen molar-refractivity contribution >= 4 is 5.78 Å². The molecule has 0 spiro atoms. The number of hydrogen-bond donors (Lipinski definition) is 0. The van der Waals surface area contributed by atoms with E-state index in [0.29, 0.717) is 6.61 Å². The third-order valence-corrected chi connectivity index (χ3v) is 3.93. The molecule has 5 heteroatoms. The molecule has 2 rings (SSSR count). The molecule has 1 aromatic heterocycles. The van der Waals surface area contributed by atoms with Gasteiger partial charge in [-0.3, -0.25) is 4.79 Å². The summed E-state index contributed by atoms with van der Waals surface area (Å²) in [6, 6.07) is 7.78. The highest BCUT2D eigenvalue weighted by Gasteiger charge is 2.30. The third-order valence-electron chi connectivity index (χ3n) is 3.93. The van der Waals surface area contributed by atoms with E-state index in [1.54, 1.807) is 11.0 Å². The molecule has 0 saturated heterocycles. The first kappa shape index (κ1) is 18.2. The van der Waals surface area contributed by atoms with Crippen LogP contribution in [0.25, 0.3) is 0 Å². The Morgan fingerprint density at radius 3 is 2.71 bits per heavy atom. The molecule has 5 nitrogen and oxygen atoms in total. The number of hydrogen-bond acceptors (Lipinski definition) is 4. The Balaban J connectivity index is 1.84. The molecule has 1 atom stereocenters. The fourth-order valence-electron chi connectivity index (χ4n) is 2.60. The molecule has 0 N–H and O–H groups in total. The van der Waals surface area contributed by atoms with Crippen molar-refractivity contribution in [2.45, 2.75) is 53.0 Å². The third kappa shape index (κ3) is 5.18. The van der Waals surface area contributed by atoms with Gasteiger partial charge < -0.3 is 4.74 Å². The largest absolute Gasteiger partial charge is 0.494 e. The Kier molecular flexibility index (Phi) is 6.12. The normalized spacial score (nSPS) is 12.8. The number of carbonyl (C=O) groups is 1. The van der Waals surface area contributed by atoms with Gasteiger partial charge in [0.2, 0.25) is 0 Å². The van der Waals surface area contributed by atoms with Crippen LogP contribution in [0.4, 0.5) is 0 Å². The summed E-state index contributed by atoms with van der Waals surface area (Å²) < 4.78 is 7.44. The van der Waals surface area contributed by atoms with Gasteiger partial charge in [-0.05, 0) is 43.9 Å². The van der Waals surface area contributed by atoms with E-state index >= 15 is 0 Å². The maximum absolute atomic E-state index is 12.7. The molecular formula is C19H27N3O2. The quantitative estimate of drug-likeness (QED) is 0.687. The number of aromatic nitrogens is 3. The second-order valence-electron chi connectivity index (χ2n) is 7.17. The summed E-state index contributed by atoms with van der Waals surface area (Å²) in [6.45, 7) is 8.53. The van der Waals surface area contributed by atoms with Crippen molar-refractivity contribution in [3.63, 3.8) is 0 Å². The van der Waals surface area contributed by atoms with Crippen molar-refractivity contribution < 1.29 is 9.53 Å². The molecule has 1 heterocycles. The van der Waals surface area contributed by atoms with Crippen molar-refractivity contribution in [2.75, 3.05) is 6.61 Å². The van der Waals surface area contributed by atoms with Crippen molar-refractivity contribution in [1.29, 1.82) is 0 Å². The number of carbonyl (C=O) groups excluding carboxylic acids is 1. The maximum atomic E-state index is 12.7. The summed E-state index contributed by atoms with van der Waals surface area (Å²) in [5.41, 5.74) is 0.795. The molecule has 0 aliphatic rings. The van der Waals surface area contributed by atoms with E-state index in [1.807, 2.05) is 52.0 Å². The van der Waals surface area contributed by atoms with Gasteiger partial charge in [0.05, 0.1) is 6.61 Å². The molecule has 0 radical (unpaired) electrons. The van der Waals surface area contributed by atoms with E-state index in [-0.39, 0.29) is 11.8 Å². The Morgan fingerprint density at radius 1 is 1.29 bits per heavy atom. The van der Waals surface area contributed by atoms with Crippen LogP contribution in [-0.4, -0.2) is 27.2 Å². The molecule has 1 aromatic carbocycles. The lowest BCUT2D eigenvalue weighted by Gasteiger charge is -2.24. The van der Waals surface area contributed by atoms with E-state index < -0.39 is 5.41 Å². The van der Waals surface area contributed by atoms with Gasteiger partial charge in [-0.1, -0.05) is 32.9 Å². The summed E-state index contributed by atoms with van der Waals surface area (Å²) >= 11 is 0. The zero-order valence-corrected chi connectivity index (χ0v) is 15.0. The second kappa shape index (κ2) is 8.08. The van der Waals surface area contributed by atoms with Crippen LogP contribution in [0.1, 0.15) is 51.6 Å². The number of ether oxygens (including phenoxy) is 1. The number of rotatable bonds is 8. The van der Waals surface area contributed by atoms with Gasteiger partial charge in [0.1, 0.15) is 24.4 Å². The smallest absolute Gasteiger partial charge is 0.162 e. The van der Waals surface area contributed by atoms with Gasteiger partial charge in [-0.25, -0.2) is 9.67 Å². The highest BCUT2D eigenvalue weighted by Crippen LogP contribution is 2.26. The van der Waals surface area contributed by atoms with Crippen LogP contribution >= 0.6 is 0 Å². The Morgan fingerprint density at radius 2 is 2.08 bits per heavy atom. The number of ketones is 1. The first-order valence-electron chi connectivity index (χ1n) is 8.46. The minimum Gasteiger partial charge on any atom is -0.494 e. The van der Waals surface area contributed by atoms with Gasteiger partial charge >= 0.3 is 0 Å². The van der Waals surface area contributed by atoms with Crippen molar-refractivity contribution in [2.24, 2.45) is 5.41 Å². The lowest BCUT2D eigenvalue weighted by molar-refractivity contribution is -0.130. The number of benzene rings is 1. The summed E-state index contributed by atoms with van der Waals surface area (Å²) in [5.74, 6) is 1.08. The Bertz CT molecular complexity index is 645. The molecule has 2 aromatic rings. The molecular weight excluding hydrogens is 302 g/mol. The van der Waals surface area contributed by atoms with E-state index in [0.717, 1.165) is 25.0 Å². The molecule has 130 valence electrons. The molecule has 24 heavy (non-hydrogen) atoms. The SMILES string of the molecule is Cc1cccc(OCCCCC(C(=O)C(C)(C)C)n2cncn2)c1. The van der Waals surface area contributed by atoms with E-state index in [4.69, 9.17) is 4.74 Å². The van der Waals surface area contributed by atoms with Crippen LogP contribution in [0.15, 0.2) is 36.9 Å². The predicted octanol–water partition coefficient (Wildman–Crippen LogP) is 3.99. The lowest BCUT2D eigenvalue weighted by atomic mass is 9.85. The molecule has 0 saturated carbocycles. The van der Waals surface area contributed by atoms with Crippen LogP contribution in [0.2, 0.25) is 0 Å². The molecule has 0 bridgehead atoms. The van der Waals surface area contributed by atoms with Crippen LogP contribution in [0, 0.1) is 12.3 Å². The highest BCUT2D eigenvalue weighted by molar-refractivity contribution is 5.87. The minimum atomic E-state index is -0.394. The monoisotopic (exact) mass is 329 g/mol. The zero-order valence-electron chi connectivity index (χ0n) is 15.0. The zero-order chi connectivity index (χ0) is 17.6. The summed E-state index contributed by atoms with van der Waals surface area (Å²) in [5, 5.41) is 4.16. The average molecular weight is 329 g/mol. The first-order valence-corrected chi connectivity index (χ1v) is 8.46. The average Bonchev–Trinajstić information content (AvgIpc) is 3.03. The van der Waals surface area contributed by atoms with Crippen molar-refractivity contribution in [3.8, 4) is 5.75 Å². The van der Waals surface area contributed by atoms with Crippen LogP contribution < -0.4 is 4.74 Å². The fraction of sp³-hybridized carbons (Fsp3) is 0.526. The number of unbranched alkanes of at least 4 members (excludes halogenated alkanes) is 1. The molecule has 1 unspecified atom stereocenters. The predicted molar refractivity (Wildman–Crippen MR) is 94.0 cm³/mol. The summed E-state index contributed by atoms with van der Waals surface area (Å²) in [4.78, 5) is 16.6. The topological polar surface area (TPSA) is 57.0 Å². The van der Waals surface area contributed by atoms with Gasteiger partial charge in [-0.15, -0.1) is 0 Å². The Hall–Kier alpha value is -2.17. The maximum Gasteiger partial charge on any atom is 0.162 e. The van der Waals surface area contributed by atoms with Crippen LogP contribution in [0.5, 0.6) is 5.75 Å². The van der Waals surface area contributed by atoms with Crippen molar-refractivity contribution in [1.82, 2.24) is 14.8 Å². The molecule has 0 aliphatic heterocycles. The highest BCUT2D eigenvalue weighted by atomic mass is 16.5. The molecule has 0 amide bonds. The van der Waals surface area contributed by atoms with E-state index in [1.165, 1.54) is 11.9 Å². The second-order valence-corrected chi connectivity index (χ2v) is 7.17. The minimum absolute atomic E-state index is 0.188. The molecule has 0 aliphatic carbocycles. The van der Waals surface area contributed by atoms with Crippen molar-refractivity contribution in [3.05, 3.63) is 42.5 Å². The summed E-state index contributed by atoms with van der Waals surface area (Å²) in [6.07, 6.45) is 5.65. The number of Topliss-reactive ketones (excluding diaryl/α,β-unsaturated/α-hetero) is 1. The first-order chi connectivity index (χ1) is 11.4. The lowest BCUT2D eigenvalue weighted by Crippen LogP contribution is -2.31. The van der Waals surface area contributed by atoms with Gasteiger partial charge in [-0.2, -0.15) is 5.10 Å². The standard InChI is InChI=1S/C19H27N3O2/c1-15-8-7-9-16(12-15)24-11-6-5-10-17(18(23)19(2,3)4)22-14-20-13-21-22/h7-9,12-14,17H,5-6,10-11H2,1-4H3. The van der Waals surface area contributed by atoms with Crippen LogP contribution in [0.3, 0.4) is 0 Å². The number of aryl methyl sites for hydroxylation is 1. The number of nitrogens with zero attached hydrogens (tertiary/aromatic N) is 3. The fourth-order valence-corrected chi connectivity index (χ4v) is 2.60. The van der Waals surface area contributed by atoms with Gasteiger partial charge in [0, 0.05) is 5.41 Å². The van der Waals surface area contributed by atoms with Crippen LogP contribution in [-0.2, 0) is 4.79 Å². The van der Waals surface area contributed by atoms with Gasteiger partial charge in [0.15, 0.2) is 5.78 Å². The van der Waals surface area contributed by atoms with Gasteiger partial charge in [0.25, 0.3) is 0 Å². The van der Waals surface area contributed by atoms with E-state index in [2.05, 4.69) is 10.1 Å². The van der Waals surface area contributed by atoms with E-state index in [9.17, 15) is 4.79 Å². The summed E-state index contributed by atoms with van der Waals surface area (Å²) in [7, 11) is 0. The Labute approximate surface area is 144 Å². The molecule has 0 fully saturated rings.